The maximum Gasteiger partial charge on any atom is 0.225 e. The average molecular weight is 553 g/mol. The molecule has 5 rings (SSSR count). The number of nitrogens with zero attached hydrogens (tertiary/aromatic N) is 1. The van der Waals surface area contributed by atoms with Crippen LogP contribution in [0.2, 0.25) is 0 Å². The fourth-order valence-electron chi connectivity index (χ4n) is 5.23. The summed E-state index contributed by atoms with van der Waals surface area (Å²) in [6, 6.07) is 19.9. The first-order valence-electron chi connectivity index (χ1n) is 14.0. The number of carbonyl (C=O) groups excluding carboxylic acids is 2. The quantitative estimate of drug-likeness (QED) is 0.155. The van der Waals surface area contributed by atoms with Crippen molar-refractivity contribution in [3.8, 4) is 17.0 Å². The van der Waals surface area contributed by atoms with Gasteiger partial charge in [-0.3, -0.25) is 9.59 Å². The van der Waals surface area contributed by atoms with Gasteiger partial charge in [0.15, 0.2) is 0 Å². The first-order valence-corrected chi connectivity index (χ1v) is 14.0. The summed E-state index contributed by atoms with van der Waals surface area (Å²) in [5, 5.41) is 9.08. The first-order chi connectivity index (χ1) is 19.9. The van der Waals surface area contributed by atoms with Crippen LogP contribution >= 0.6 is 0 Å². The third kappa shape index (κ3) is 6.60. The fourth-order valence-corrected chi connectivity index (χ4v) is 5.23. The zero-order valence-corrected chi connectivity index (χ0v) is 23.8. The van der Waals surface area contributed by atoms with E-state index in [2.05, 4.69) is 50.9 Å². The van der Waals surface area contributed by atoms with Crippen LogP contribution in [0.15, 0.2) is 71.3 Å². The standard InChI is InChI=1S/C33H36N4O4/c1-21-26(27-18-25(40-3)15-16-30(27)41-21)19-32(39)36-28(11-5-4-6-12-31(38)34-2)33-35-20-29(37-33)24-14-13-22-9-7-8-10-23(22)17-24/h7-10,13-18,20,28H,4-6,11-12,19H2,1-3H3,(H,34,38)(H,35,37)(H,36,39)/t28-/m0/s1. The summed E-state index contributed by atoms with van der Waals surface area (Å²) in [7, 11) is 3.27. The lowest BCUT2D eigenvalue weighted by Crippen LogP contribution is -2.30. The van der Waals surface area contributed by atoms with E-state index in [0.717, 1.165) is 52.4 Å². The van der Waals surface area contributed by atoms with Gasteiger partial charge in [-0.1, -0.05) is 49.2 Å². The van der Waals surface area contributed by atoms with E-state index in [1.54, 1.807) is 14.2 Å². The topological polar surface area (TPSA) is 109 Å². The van der Waals surface area contributed by atoms with E-state index in [4.69, 9.17) is 9.15 Å². The SMILES string of the molecule is CNC(=O)CCCCC[C@H](NC(=O)Cc1c(C)oc2ccc(OC)cc12)c1ncc(-c2ccc3ccccc3c2)[nH]1. The molecule has 2 aromatic heterocycles. The highest BCUT2D eigenvalue weighted by molar-refractivity contribution is 5.90. The van der Waals surface area contributed by atoms with Gasteiger partial charge in [0, 0.05) is 30.0 Å². The number of aryl methyl sites for hydroxylation is 1. The van der Waals surface area contributed by atoms with Crippen molar-refractivity contribution >= 4 is 33.6 Å². The van der Waals surface area contributed by atoms with Gasteiger partial charge in [0.1, 0.15) is 22.9 Å². The molecule has 0 radical (unpaired) electrons. The molecule has 0 spiro atoms. The molecule has 3 aromatic carbocycles. The predicted octanol–water partition coefficient (Wildman–Crippen LogP) is 6.39. The minimum absolute atomic E-state index is 0.0419. The lowest BCUT2D eigenvalue weighted by Gasteiger charge is -2.17. The number of rotatable bonds is 12. The molecular formula is C33H36N4O4. The molecule has 0 saturated heterocycles. The molecule has 2 heterocycles. The third-order valence-electron chi connectivity index (χ3n) is 7.53. The van der Waals surface area contributed by atoms with Gasteiger partial charge < -0.3 is 24.8 Å². The molecule has 0 aliphatic heterocycles. The summed E-state index contributed by atoms with van der Waals surface area (Å²) >= 11 is 0. The van der Waals surface area contributed by atoms with Crippen LogP contribution in [0.3, 0.4) is 0 Å². The molecule has 1 atom stereocenters. The Morgan fingerprint density at radius 3 is 2.63 bits per heavy atom. The summed E-state index contributed by atoms with van der Waals surface area (Å²) < 4.78 is 11.3. The number of methoxy groups -OCH3 is 1. The van der Waals surface area contributed by atoms with Crippen molar-refractivity contribution in [1.29, 1.82) is 0 Å². The number of hydrogen-bond donors (Lipinski definition) is 3. The van der Waals surface area contributed by atoms with E-state index in [0.29, 0.717) is 30.2 Å². The van der Waals surface area contributed by atoms with Crippen LogP contribution in [-0.2, 0) is 16.0 Å². The molecule has 0 aliphatic rings. The monoisotopic (exact) mass is 552 g/mol. The number of aromatic amines is 1. The van der Waals surface area contributed by atoms with Gasteiger partial charge in [-0.2, -0.15) is 0 Å². The summed E-state index contributed by atoms with van der Waals surface area (Å²) in [6.45, 7) is 1.88. The predicted molar refractivity (Wildman–Crippen MR) is 161 cm³/mol. The molecule has 0 fully saturated rings. The number of aromatic nitrogens is 2. The van der Waals surface area contributed by atoms with Crippen molar-refractivity contribution in [2.75, 3.05) is 14.2 Å². The van der Waals surface area contributed by atoms with Gasteiger partial charge >= 0.3 is 0 Å². The lowest BCUT2D eigenvalue weighted by molar-refractivity contribution is -0.121. The van der Waals surface area contributed by atoms with Gasteiger partial charge in [0.2, 0.25) is 11.8 Å². The number of furan rings is 1. The van der Waals surface area contributed by atoms with E-state index < -0.39 is 0 Å². The van der Waals surface area contributed by atoms with Crippen LogP contribution in [0.5, 0.6) is 5.75 Å². The first kappa shape index (κ1) is 28.0. The second kappa shape index (κ2) is 12.7. The summed E-state index contributed by atoms with van der Waals surface area (Å²) in [6.07, 6.45) is 5.71. The molecule has 0 aliphatic carbocycles. The smallest absolute Gasteiger partial charge is 0.225 e. The van der Waals surface area contributed by atoms with Gasteiger partial charge in [-0.25, -0.2) is 4.98 Å². The Morgan fingerprint density at radius 1 is 1.00 bits per heavy atom. The number of carbonyl (C=O) groups is 2. The van der Waals surface area contributed by atoms with Gasteiger partial charge in [-0.15, -0.1) is 0 Å². The number of imidazole rings is 1. The highest BCUT2D eigenvalue weighted by Gasteiger charge is 2.21. The van der Waals surface area contributed by atoms with Gasteiger partial charge in [-0.05, 0) is 54.8 Å². The number of fused-ring (bicyclic) bond motifs is 2. The van der Waals surface area contributed by atoms with Crippen LogP contribution in [0.1, 0.15) is 55.3 Å². The zero-order valence-electron chi connectivity index (χ0n) is 23.8. The van der Waals surface area contributed by atoms with Crippen molar-refractivity contribution < 1.29 is 18.7 Å². The van der Waals surface area contributed by atoms with E-state index in [-0.39, 0.29) is 24.3 Å². The highest BCUT2D eigenvalue weighted by atomic mass is 16.5. The molecule has 2 amide bonds. The summed E-state index contributed by atoms with van der Waals surface area (Å²) in [5.74, 6) is 2.07. The third-order valence-corrected chi connectivity index (χ3v) is 7.53. The Bertz CT molecular complexity index is 1670. The largest absolute Gasteiger partial charge is 0.497 e. The molecule has 0 unspecified atom stereocenters. The van der Waals surface area contributed by atoms with Crippen molar-refractivity contribution in [3.63, 3.8) is 0 Å². The Morgan fingerprint density at radius 2 is 1.83 bits per heavy atom. The molecule has 3 N–H and O–H groups in total. The zero-order chi connectivity index (χ0) is 28.8. The molecule has 0 bridgehead atoms. The van der Waals surface area contributed by atoms with Gasteiger partial charge in [0.05, 0.1) is 31.5 Å². The van der Waals surface area contributed by atoms with Crippen LogP contribution in [0.25, 0.3) is 33.0 Å². The van der Waals surface area contributed by atoms with Crippen LogP contribution < -0.4 is 15.4 Å². The maximum absolute atomic E-state index is 13.4. The second-order valence-electron chi connectivity index (χ2n) is 10.3. The maximum atomic E-state index is 13.4. The number of H-pyrrole nitrogens is 1. The Kier molecular flexibility index (Phi) is 8.67. The number of hydrogen-bond acceptors (Lipinski definition) is 5. The normalized spacial score (nSPS) is 12.0. The number of amides is 2. The van der Waals surface area contributed by atoms with Crippen molar-refractivity contribution in [1.82, 2.24) is 20.6 Å². The molecule has 41 heavy (non-hydrogen) atoms. The molecule has 8 nitrogen and oxygen atoms in total. The number of ether oxygens (including phenoxy) is 1. The molecular weight excluding hydrogens is 516 g/mol. The van der Waals surface area contributed by atoms with E-state index in [1.165, 1.54) is 5.39 Å². The summed E-state index contributed by atoms with van der Waals surface area (Å²) in [5.41, 5.74) is 3.50. The average Bonchev–Trinajstić information content (AvgIpc) is 3.60. The highest BCUT2D eigenvalue weighted by Crippen LogP contribution is 2.30. The molecule has 8 heteroatoms. The van der Waals surface area contributed by atoms with Crippen LogP contribution in [0, 0.1) is 6.92 Å². The lowest BCUT2D eigenvalue weighted by atomic mass is 10.0. The molecule has 5 aromatic rings. The van der Waals surface area contributed by atoms with Crippen LogP contribution in [0.4, 0.5) is 0 Å². The fraction of sp³-hybridized carbons (Fsp3) is 0.303. The van der Waals surface area contributed by atoms with Crippen LogP contribution in [-0.4, -0.2) is 35.9 Å². The second-order valence-corrected chi connectivity index (χ2v) is 10.3. The minimum Gasteiger partial charge on any atom is -0.497 e. The minimum atomic E-state index is -0.301. The number of unbranched alkanes of at least 4 members (excludes halogenated alkanes) is 2. The van der Waals surface area contributed by atoms with E-state index in [9.17, 15) is 9.59 Å². The van der Waals surface area contributed by atoms with Crippen molar-refractivity contribution in [2.45, 2.75) is 51.5 Å². The molecule has 0 saturated carbocycles. The summed E-state index contributed by atoms with van der Waals surface area (Å²) in [4.78, 5) is 33.2. The van der Waals surface area contributed by atoms with Gasteiger partial charge in [0.25, 0.3) is 0 Å². The molecule has 212 valence electrons. The van der Waals surface area contributed by atoms with Crippen molar-refractivity contribution in [2.24, 2.45) is 0 Å². The number of nitrogens with one attached hydrogen (secondary N) is 3. The van der Waals surface area contributed by atoms with Crippen molar-refractivity contribution in [3.05, 3.63) is 84.0 Å². The van der Waals surface area contributed by atoms with E-state index >= 15 is 0 Å². The number of benzene rings is 3. The van der Waals surface area contributed by atoms with E-state index in [1.807, 2.05) is 43.5 Å². The Hall–Kier alpha value is -4.59. The Balaban J connectivity index is 1.34. The Labute approximate surface area is 239 Å².